The van der Waals surface area contributed by atoms with Gasteiger partial charge in [-0.05, 0) is 12.1 Å². The molecule has 0 aliphatic heterocycles. The molecule has 0 atom stereocenters. The molecule has 0 spiro atoms. The zero-order chi connectivity index (χ0) is 12.5. The van der Waals surface area contributed by atoms with Crippen LogP contribution in [0.1, 0.15) is 10.6 Å². The van der Waals surface area contributed by atoms with E-state index in [1.807, 2.05) is 0 Å². The molecule has 1 aromatic heterocycles. The highest BCUT2D eigenvalue weighted by Crippen LogP contribution is 1.98. The third-order valence-corrected chi connectivity index (χ3v) is 1.89. The molecule has 94 valence electrons. The number of carbonyl (C=O) groups is 2. The Morgan fingerprint density at radius 1 is 1.35 bits per heavy atom. The van der Waals surface area contributed by atoms with Crippen LogP contribution in [0.25, 0.3) is 0 Å². The number of hydrogen-bond donors (Lipinski definition) is 2. The van der Waals surface area contributed by atoms with Crippen molar-refractivity contribution >= 4 is 23.6 Å². The summed E-state index contributed by atoms with van der Waals surface area (Å²) in [5.41, 5.74) is 0. The number of hydrogen-bond acceptors (Lipinski definition) is 4. The van der Waals surface area contributed by atoms with Crippen molar-refractivity contribution in [1.82, 2.24) is 10.6 Å². The number of furan rings is 1. The summed E-state index contributed by atoms with van der Waals surface area (Å²) >= 11 is 5.33. The number of rotatable bonds is 6. The van der Waals surface area contributed by atoms with Crippen molar-refractivity contribution in [2.24, 2.45) is 0 Å². The van der Waals surface area contributed by atoms with Crippen LogP contribution in [0.2, 0.25) is 0 Å². The maximum absolute atomic E-state index is 11.4. The first-order chi connectivity index (χ1) is 8.24. The van der Waals surface area contributed by atoms with Gasteiger partial charge in [0.25, 0.3) is 5.91 Å². The lowest BCUT2D eigenvalue weighted by Crippen LogP contribution is -2.35. The van der Waals surface area contributed by atoms with E-state index in [0.717, 1.165) is 0 Å². The van der Waals surface area contributed by atoms with Crippen LogP contribution in [0.3, 0.4) is 0 Å². The second kappa shape index (κ2) is 7.56. The summed E-state index contributed by atoms with van der Waals surface area (Å²) < 4.78 is 9.55. The second-order valence-electron chi connectivity index (χ2n) is 2.98. The van der Waals surface area contributed by atoms with Crippen molar-refractivity contribution in [2.45, 2.75) is 0 Å². The molecular formula is C10H13ClN2O4. The summed E-state index contributed by atoms with van der Waals surface area (Å²) in [5.74, 6) is 0.156. The van der Waals surface area contributed by atoms with Gasteiger partial charge >= 0.3 is 6.09 Å². The lowest BCUT2D eigenvalue weighted by Gasteiger charge is -2.06. The van der Waals surface area contributed by atoms with Crippen LogP contribution < -0.4 is 10.6 Å². The fraction of sp³-hybridized carbons (Fsp3) is 0.400. The first kappa shape index (κ1) is 13.4. The van der Waals surface area contributed by atoms with Crippen molar-refractivity contribution in [2.75, 3.05) is 25.6 Å². The monoisotopic (exact) mass is 260 g/mol. The molecule has 1 aromatic rings. The summed E-state index contributed by atoms with van der Waals surface area (Å²) in [6, 6.07) is 3.17. The Balaban J connectivity index is 2.08. The van der Waals surface area contributed by atoms with E-state index < -0.39 is 6.09 Å². The molecule has 0 fully saturated rings. The zero-order valence-corrected chi connectivity index (χ0v) is 9.83. The predicted octanol–water partition coefficient (Wildman–Crippen LogP) is 0.974. The van der Waals surface area contributed by atoms with Crippen molar-refractivity contribution < 1.29 is 18.7 Å². The van der Waals surface area contributed by atoms with Gasteiger partial charge in [-0.15, -0.1) is 11.6 Å². The Kier molecular flexibility index (Phi) is 5.95. The van der Waals surface area contributed by atoms with Crippen LogP contribution in [0.5, 0.6) is 0 Å². The van der Waals surface area contributed by atoms with E-state index in [0.29, 0.717) is 0 Å². The number of halogens is 1. The smallest absolute Gasteiger partial charge is 0.407 e. The van der Waals surface area contributed by atoms with E-state index in [1.54, 1.807) is 12.1 Å². The molecular weight excluding hydrogens is 248 g/mol. The molecule has 6 nitrogen and oxygen atoms in total. The molecule has 7 heteroatoms. The molecule has 1 heterocycles. The third kappa shape index (κ3) is 5.26. The Bertz CT molecular complexity index is 353. The number of carbonyl (C=O) groups excluding carboxylic acids is 2. The van der Waals surface area contributed by atoms with Gasteiger partial charge in [0.2, 0.25) is 0 Å². The van der Waals surface area contributed by atoms with Crippen LogP contribution in [0.4, 0.5) is 4.79 Å². The van der Waals surface area contributed by atoms with Crippen LogP contribution >= 0.6 is 11.6 Å². The Labute approximate surface area is 103 Å². The Hall–Kier alpha value is -1.69. The topological polar surface area (TPSA) is 80.6 Å². The minimum absolute atomic E-state index is 0.159. The van der Waals surface area contributed by atoms with Gasteiger partial charge in [-0.25, -0.2) is 4.79 Å². The molecule has 2 amide bonds. The lowest BCUT2D eigenvalue weighted by molar-refractivity contribution is 0.0924. The molecule has 0 radical (unpaired) electrons. The minimum Gasteiger partial charge on any atom is -0.459 e. The minimum atomic E-state index is -0.558. The van der Waals surface area contributed by atoms with E-state index >= 15 is 0 Å². The van der Waals surface area contributed by atoms with Crippen molar-refractivity contribution in [1.29, 1.82) is 0 Å². The standard InChI is InChI=1S/C10H13ClN2O4/c11-3-7-17-10(15)13-5-4-12-9(14)8-2-1-6-16-8/h1-2,6H,3-5,7H2,(H,12,14)(H,13,15). The van der Waals surface area contributed by atoms with E-state index in [2.05, 4.69) is 15.4 Å². The van der Waals surface area contributed by atoms with E-state index in [-0.39, 0.29) is 37.2 Å². The van der Waals surface area contributed by atoms with Crippen LogP contribution in [0.15, 0.2) is 22.8 Å². The highest BCUT2D eigenvalue weighted by atomic mass is 35.5. The summed E-state index contributed by atoms with van der Waals surface area (Å²) in [4.78, 5) is 22.3. The molecule has 1 rings (SSSR count). The van der Waals surface area contributed by atoms with E-state index in [1.165, 1.54) is 6.26 Å². The van der Waals surface area contributed by atoms with Gasteiger partial charge in [0.05, 0.1) is 12.1 Å². The molecule has 0 aliphatic rings. The van der Waals surface area contributed by atoms with Crippen LogP contribution in [-0.2, 0) is 4.74 Å². The molecule has 0 unspecified atom stereocenters. The Morgan fingerprint density at radius 3 is 2.76 bits per heavy atom. The molecule has 17 heavy (non-hydrogen) atoms. The number of ether oxygens (including phenoxy) is 1. The van der Waals surface area contributed by atoms with Crippen molar-refractivity contribution in [3.8, 4) is 0 Å². The summed E-state index contributed by atoms with van der Waals surface area (Å²) in [5, 5.41) is 5.02. The van der Waals surface area contributed by atoms with Gasteiger partial charge in [-0.2, -0.15) is 0 Å². The SMILES string of the molecule is O=C(NCCNC(=O)c1ccco1)OCCCl. The fourth-order valence-electron chi connectivity index (χ4n) is 1.02. The van der Waals surface area contributed by atoms with Crippen molar-refractivity contribution in [3.63, 3.8) is 0 Å². The van der Waals surface area contributed by atoms with Gasteiger partial charge in [-0.3, -0.25) is 4.79 Å². The first-order valence-electron chi connectivity index (χ1n) is 5.02. The van der Waals surface area contributed by atoms with Gasteiger partial charge < -0.3 is 19.8 Å². The van der Waals surface area contributed by atoms with Gasteiger partial charge in [0, 0.05) is 13.1 Å². The molecule has 0 bridgehead atoms. The summed E-state index contributed by atoms with van der Waals surface area (Å²) in [6.07, 6.45) is 0.856. The van der Waals surface area contributed by atoms with E-state index in [9.17, 15) is 9.59 Å². The molecule has 0 saturated carbocycles. The van der Waals surface area contributed by atoms with Crippen LogP contribution in [-0.4, -0.2) is 37.6 Å². The summed E-state index contributed by atoms with van der Waals surface area (Å²) in [6.45, 7) is 0.717. The molecule has 0 saturated heterocycles. The van der Waals surface area contributed by atoms with Gasteiger partial charge in [0.15, 0.2) is 5.76 Å². The largest absolute Gasteiger partial charge is 0.459 e. The maximum atomic E-state index is 11.4. The van der Waals surface area contributed by atoms with Gasteiger partial charge in [0.1, 0.15) is 6.61 Å². The second-order valence-corrected chi connectivity index (χ2v) is 3.36. The van der Waals surface area contributed by atoms with E-state index in [4.69, 9.17) is 16.0 Å². The average Bonchev–Trinajstić information content (AvgIpc) is 2.85. The quantitative estimate of drug-likeness (QED) is 0.590. The summed E-state index contributed by atoms with van der Waals surface area (Å²) in [7, 11) is 0. The van der Waals surface area contributed by atoms with Crippen molar-refractivity contribution in [3.05, 3.63) is 24.2 Å². The zero-order valence-electron chi connectivity index (χ0n) is 9.07. The van der Waals surface area contributed by atoms with Gasteiger partial charge in [-0.1, -0.05) is 0 Å². The highest BCUT2D eigenvalue weighted by molar-refractivity contribution is 6.18. The molecule has 0 aliphatic carbocycles. The third-order valence-electron chi connectivity index (χ3n) is 1.74. The lowest BCUT2D eigenvalue weighted by atomic mass is 10.4. The number of amides is 2. The maximum Gasteiger partial charge on any atom is 0.407 e. The van der Waals surface area contributed by atoms with Crippen LogP contribution in [0, 0.1) is 0 Å². The number of nitrogens with one attached hydrogen (secondary N) is 2. The molecule has 0 aromatic carbocycles. The number of alkyl carbamates (subject to hydrolysis) is 1. The average molecular weight is 261 g/mol. The fourth-order valence-corrected chi connectivity index (χ4v) is 1.09. The normalized spacial score (nSPS) is 9.71. The highest BCUT2D eigenvalue weighted by Gasteiger charge is 2.07. The predicted molar refractivity (Wildman–Crippen MR) is 61.1 cm³/mol. The Morgan fingerprint density at radius 2 is 2.12 bits per heavy atom. The first-order valence-corrected chi connectivity index (χ1v) is 5.56. The molecule has 2 N–H and O–H groups in total. The number of alkyl halides is 1.